The molecule has 1 aromatic carbocycles. The van der Waals surface area contributed by atoms with Crippen LogP contribution in [-0.2, 0) is 0 Å². The summed E-state index contributed by atoms with van der Waals surface area (Å²) in [5, 5.41) is 4.15. The van der Waals surface area contributed by atoms with E-state index >= 15 is 4.39 Å². The molecule has 6 heterocycles. The molecule has 194 valence electrons. The van der Waals surface area contributed by atoms with E-state index in [4.69, 9.17) is 15.5 Å². The lowest BCUT2D eigenvalue weighted by Gasteiger charge is -2.34. The summed E-state index contributed by atoms with van der Waals surface area (Å²) in [7, 11) is 0. The molecule has 4 aliphatic rings. The van der Waals surface area contributed by atoms with Gasteiger partial charge < -0.3 is 20.7 Å². The first kappa shape index (κ1) is 23.0. The van der Waals surface area contributed by atoms with Gasteiger partial charge in [0.1, 0.15) is 29.5 Å². The van der Waals surface area contributed by atoms with Crippen LogP contribution in [0.2, 0.25) is 0 Å². The summed E-state index contributed by atoms with van der Waals surface area (Å²) >= 11 is 0. The van der Waals surface area contributed by atoms with Gasteiger partial charge in [-0.2, -0.15) is 9.97 Å². The Morgan fingerprint density at radius 3 is 2.59 bits per heavy atom. The number of nitrogens with one attached hydrogen (secondary N) is 1. The molecule has 2 aromatic heterocycles. The molecule has 4 aliphatic heterocycles. The van der Waals surface area contributed by atoms with Crippen LogP contribution < -0.4 is 20.7 Å². The second-order valence-corrected chi connectivity index (χ2v) is 11.0. The largest absolute Gasteiger partial charge is 0.461 e. The van der Waals surface area contributed by atoms with Crippen LogP contribution in [-0.4, -0.2) is 70.3 Å². The molecule has 0 amide bonds. The van der Waals surface area contributed by atoms with Crippen LogP contribution in [0.3, 0.4) is 0 Å². The Kier molecular flexibility index (Phi) is 5.44. The van der Waals surface area contributed by atoms with Crippen LogP contribution in [0.4, 0.5) is 20.3 Å². The van der Waals surface area contributed by atoms with Gasteiger partial charge in [0.05, 0.1) is 16.6 Å². The summed E-state index contributed by atoms with van der Waals surface area (Å²) in [6.45, 7) is 4.23. The number of hydrogen-bond donors (Lipinski definition) is 2. The Morgan fingerprint density at radius 1 is 1.08 bits per heavy atom. The van der Waals surface area contributed by atoms with Crippen molar-refractivity contribution in [3.8, 4) is 17.3 Å². The minimum atomic E-state index is -0.650. The SMILES string of the molecule is Nc1c(F)cccc1-c1ncc2c(N3C[C@H]4CC[C@@H](C3)N4)nc(OCC34CCCN3CCC4)nc2c1F. The highest BCUT2D eigenvalue weighted by molar-refractivity contribution is 5.93. The number of benzene rings is 1. The van der Waals surface area contributed by atoms with E-state index in [-0.39, 0.29) is 34.0 Å². The van der Waals surface area contributed by atoms with Crippen LogP contribution in [0.15, 0.2) is 24.4 Å². The number of nitrogens with two attached hydrogens (primary N) is 1. The van der Waals surface area contributed by atoms with Gasteiger partial charge in [0.25, 0.3) is 0 Å². The summed E-state index contributed by atoms with van der Waals surface area (Å²) in [5.74, 6) is -0.627. The normalized spacial score (nSPS) is 24.6. The highest BCUT2D eigenvalue weighted by Gasteiger charge is 2.45. The van der Waals surface area contributed by atoms with Gasteiger partial charge in [0.2, 0.25) is 0 Å². The molecule has 7 rings (SSSR count). The van der Waals surface area contributed by atoms with E-state index in [0.717, 1.165) is 64.7 Å². The first-order valence-electron chi connectivity index (χ1n) is 13.3. The van der Waals surface area contributed by atoms with Crippen molar-refractivity contribution in [2.24, 2.45) is 0 Å². The number of hydrogen-bond acceptors (Lipinski definition) is 8. The number of ether oxygens (including phenoxy) is 1. The fourth-order valence-corrected chi connectivity index (χ4v) is 6.89. The maximum absolute atomic E-state index is 16.1. The van der Waals surface area contributed by atoms with Gasteiger partial charge >= 0.3 is 6.01 Å². The summed E-state index contributed by atoms with van der Waals surface area (Å²) in [4.78, 5) is 18.5. The smallest absolute Gasteiger partial charge is 0.319 e. The molecule has 2 bridgehead atoms. The van der Waals surface area contributed by atoms with Crippen molar-refractivity contribution >= 4 is 22.4 Å². The Morgan fingerprint density at radius 2 is 1.84 bits per heavy atom. The maximum Gasteiger partial charge on any atom is 0.319 e. The Labute approximate surface area is 214 Å². The Balaban J connectivity index is 1.32. The number of anilines is 2. The summed E-state index contributed by atoms with van der Waals surface area (Å²) in [5.41, 5.74) is 6.12. The number of piperazine rings is 1. The molecule has 4 saturated heterocycles. The van der Waals surface area contributed by atoms with Gasteiger partial charge in [0.15, 0.2) is 5.82 Å². The number of halogens is 2. The van der Waals surface area contributed by atoms with Gasteiger partial charge in [-0.25, -0.2) is 8.78 Å². The first-order valence-corrected chi connectivity index (χ1v) is 13.3. The molecule has 0 unspecified atom stereocenters. The number of rotatable bonds is 5. The average molecular weight is 508 g/mol. The third kappa shape index (κ3) is 3.80. The van der Waals surface area contributed by atoms with Crippen molar-refractivity contribution in [1.29, 1.82) is 0 Å². The topological polar surface area (TPSA) is 92.4 Å². The third-order valence-corrected chi connectivity index (χ3v) is 8.75. The standard InChI is InChI=1S/C27H31F2N7O/c28-20-5-1-4-18(22(20)30)23-21(29)24-19(12-31-23)25(35-13-16-6-7-17(14-35)32-16)34-26(33-24)37-15-27-8-2-10-36(27)11-3-9-27/h1,4-5,12,16-17,32H,2-3,6-11,13-15,30H2/t16-,17+. The fraction of sp³-hybridized carbons (Fsp3) is 0.519. The molecule has 8 nitrogen and oxygen atoms in total. The van der Waals surface area contributed by atoms with Gasteiger partial charge in [-0.15, -0.1) is 0 Å². The molecular weight excluding hydrogens is 476 g/mol. The quantitative estimate of drug-likeness (QED) is 0.507. The molecule has 0 saturated carbocycles. The second-order valence-electron chi connectivity index (χ2n) is 11.0. The molecule has 2 atom stereocenters. The number of nitrogens with zero attached hydrogens (tertiary/aromatic N) is 5. The average Bonchev–Trinajstić information content (AvgIpc) is 3.58. The monoisotopic (exact) mass is 507 g/mol. The molecule has 10 heteroatoms. The summed E-state index contributed by atoms with van der Waals surface area (Å²) in [6, 6.07) is 5.24. The zero-order chi connectivity index (χ0) is 25.1. The zero-order valence-electron chi connectivity index (χ0n) is 20.7. The Hall–Kier alpha value is -3.11. The second kappa shape index (κ2) is 8.73. The number of pyridine rings is 1. The maximum atomic E-state index is 16.1. The predicted molar refractivity (Wildman–Crippen MR) is 138 cm³/mol. The zero-order valence-corrected chi connectivity index (χ0v) is 20.7. The molecule has 37 heavy (non-hydrogen) atoms. The van der Waals surface area contributed by atoms with Crippen LogP contribution >= 0.6 is 0 Å². The molecule has 0 aliphatic carbocycles. The van der Waals surface area contributed by atoms with Crippen molar-refractivity contribution in [3.63, 3.8) is 0 Å². The van der Waals surface area contributed by atoms with Crippen LogP contribution in [0.1, 0.15) is 38.5 Å². The molecule has 3 N–H and O–H groups in total. The van der Waals surface area contributed by atoms with Gasteiger partial charge in [0, 0.05) is 36.9 Å². The molecular formula is C27H31F2N7O. The number of fused-ring (bicyclic) bond motifs is 4. The van der Waals surface area contributed by atoms with Gasteiger partial charge in [-0.3, -0.25) is 9.88 Å². The van der Waals surface area contributed by atoms with Crippen molar-refractivity contribution in [2.75, 3.05) is 43.4 Å². The predicted octanol–water partition coefficient (Wildman–Crippen LogP) is 3.50. The third-order valence-electron chi connectivity index (χ3n) is 8.75. The lowest BCUT2D eigenvalue weighted by atomic mass is 9.95. The van der Waals surface area contributed by atoms with Gasteiger partial charge in [-0.1, -0.05) is 12.1 Å². The van der Waals surface area contributed by atoms with Crippen LogP contribution in [0.5, 0.6) is 6.01 Å². The highest BCUT2D eigenvalue weighted by Crippen LogP contribution is 2.40. The van der Waals surface area contributed by atoms with Crippen LogP contribution in [0.25, 0.3) is 22.2 Å². The molecule has 3 aromatic rings. The van der Waals surface area contributed by atoms with E-state index < -0.39 is 11.6 Å². The van der Waals surface area contributed by atoms with Crippen molar-refractivity contribution in [1.82, 2.24) is 25.2 Å². The molecule has 0 spiro atoms. The summed E-state index contributed by atoms with van der Waals surface area (Å²) < 4.78 is 36.5. The van der Waals surface area contributed by atoms with E-state index in [1.807, 2.05) is 0 Å². The molecule has 4 fully saturated rings. The highest BCUT2D eigenvalue weighted by atomic mass is 19.1. The minimum Gasteiger partial charge on any atom is -0.461 e. The lowest BCUT2D eigenvalue weighted by Crippen LogP contribution is -2.51. The summed E-state index contributed by atoms with van der Waals surface area (Å²) in [6.07, 6.45) is 8.31. The fourth-order valence-electron chi connectivity index (χ4n) is 6.89. The van der Waals surface area contributed by atoms with E-state index in [1.165, 1.54) is 12.1 Å². The van der Waals surface area contributed by atoms with E-state index in [0.29, 0.717) is 29.9 Å². The van der Waals surface area contributed by atoms with Gasteiger partial charge in [-0.05, 0) is 57.7 Å². The first-order chi connectivity index (χ1) is 18.0. The van der Waals surface area contributed by atoms with E-state index in [2.05, 4.69) is 25.1 Å². The van der Waals surface area contributed by atoms with Crippen molar-refractivity contribution in [3.05, 3.63) is 36.0 Å². The number of para-hydroxylation sites is 1. The lowest BCUT2D eigenvalue weighted by molar-refractivity contribution is 0.108. The minimum absolute atomic E-state index is 0.0185. The number of nitrogen functional groups attached to an aromatic ring is 1. The van der Waals surface area contributed by atoms with E-state index in [9.17, 15) is 4.39 Å². The van der Waals surface area contributed by atoms with Crippen LogP contribution in [0, 0.1) is 11.6 Å². The molecule has 0 radical (unpaired) electrons. The van der Waals surface area contributed by atoms with Crippen molar-refractivity contribution < 1.29 is 13.5 Å². The van der Waals surface area contributed by atoms with E-state index in [1.54, 1.807) is 12.3 Å². The Bertz CT molecular complexity index is 1350. The number of aromatic nitrogens is 3. The van der Waals surface area contributed by atoms with Crippen molar-refractivity contribution in [2.45, 2.75) is 56.1 Å².